The van der Waals surface area contributed by atoms with Gasteiger partial charge in [0.05, 0.1) is 6.61 Å². The Bertz CT molecular complexity index is 359. The smallest absolute Gasteiger partial charge is 0.488 e. The average molecular weight is 276 g/mol. The summed E-state index contributed by atoms with van der Waals surface area (Å²) in [5.74, 6) is -1.78. The molecular formula is C9H10BF4KO2. The topological polar surface area (TPSA) is 18.5 Å². The number of rotatable bonds is 5. The maximum absolute atomic E-state index is 13.3. The Kier molecular flexibility index (Phi) is 7.94. The van der Waals surface area contributed by atoms with Gasteiger partial charge in [-0.1, -0.05) is 17.6 Å². The summed E-state index contributed by atoms with van der Waals surface area (Å²) in [6, 6.07) is 2.95. The predicted octanol–water partition coefficient (Wildman–Crippen LogP) is -1.09. The van der Waals surface area contributed by atoms with Crippen LogP contribution < -0.4 is 61.6 Å². The third-order valence-electron chi connectivity index (χ3n) is 1.89. The normalized spacial score (nSPS) is 10.9. The molecule has 0 amide bonds. The number of halogens is 4. The molecule has 0 saturated carbocycles. The van der Waals surface area contributed by atoms with E-state index in [-0.39, 0.29) is 64.6 Å². The van der Waals surface area contributed by atoms with Crippen LogP contribution in [0.25, 0.3) is 0 Å². The second-order valence-electron chi connectivity index (χ2n) is 3.08. The van der Waals surface area contributed by atoms with Crippen LogP contribution in [0.3, 0.4) is 0 Å². The van der Waals surface area contributed by atoms with Gasteiger partial charge in [0.2, 0.25) is 0 Å². The van der Waals surface area contributed by atoms with Crippen LogP contribution >= 0.6 is 0 Å². The molecule has 0 heterocycles. The van der Waals surface area contributed by atoms with Gasteiger partial charge in [0, 0.05) is 7.11 Å². The summed E-state index contributed by atoms with van der Waals surface area (Å²) in [5, 5.41) is 0. The van der Waals surface area contributed by atoms with Crippen LogP contribution in [-0.4, -0.2) is 27.3 Å². The Balaban J connectivity index is 0.00000256. The summed E-state index contributed by atoms with van der Waals surface area (Å²) in [5.41, 5.74) is -1.27. The van der Waals surface area contributed by atoms with Crippen molar-refractivity contribution in [3.05, 3.63) is 24.0 Å². The van der Waals surface area contributed by atoms with Gasteiger partial charge in [-0.25, -0.2) is 4.39 Å². The van der Waals surface area contributed by atoms with Gasteiger partial charge in [0.25, 0.3) is 0 Å². The number of benzene rings is 1. The van der Waals surface area contributed by atoms with Crippen LogP contribution in [0.2, 0.25) is 0 Å². The molecule has 0 N–H and O–H groups in total. The van der Waals surface area contributed by atoms with E-state index in [1.54, 1.807) is 0 Å². The molecule has 8 heteroatoms. The van der Waals surface area contributed by atoms with E-state index >= 15 is 0 Å². The first-order valence-corrected chi connectivity index (χ1v) is 4.57. The molecule has 0 spiro atoms. The fourth-order valence-electron chi connectivity index (χ4n) is 1.13. The molecule has 0 aliphatic carbocycles. The minimum absolute atomic E-state index is 0. The Labute approximate surface area is 139 Å². The van der Waals surface area contributed by atoms with E-state index in [4.69, 9.17) is 4.74 Å². The van der Waals surface area contributed by atoms with E-state index in [1.165, 1.54) is 7.11 Å². The summed E-state index contributed by atoms with van der Waals surface area (Å²) >= 11 is 0. The van der Waals surface area contributed by atoms with Crippen molar-refractivity contribution in [3.63, 3.8) is 0 Å². The quantitative estimate of drug-likeness (QED) is 0.386. The molecule has 1 aromatic carbocycles. The molecular weight excluding hydrogens is 266 g/mol. The minimum Gasteiger partial charge on any atom is -0.488 e. The van der Waals surface area contributed by atoms with Crippen LogP contribution in [0.5, 0.6) is 5.75 Å². The number of hydrogen-bond donors (Lipinski definition) is 0. The van der Waals surface area contributed by atoms with Crippen LogP contribution in [0.1, 0.15) is 0 Å². The molecule has 0 fully saturated rings. The Morgan fingerprint density at radius 1 is 1.18 bits per heavy atom. The first-order chi connectivity index (χ1) is 7.46. The average Bonchev–Trinajstić information content (AvgIpc) is 2.19. The molecule has 0 unspecified atom stereocenters. The monoisotopic (exact) mass is 276 g/mol. The number of hydrogen-bond acceptors (Lipinski definition) is 2. The van der Waals surface area contributed by atoms with Gasteiger partial charge in [-0.3, -0.25) is 0 Å². The van der Waals surface area contributed by atoms with Crippen molar-refractivity contribution < 1.29 is 78.2 Å². The van der Waals surface area contributed by atoms with Gasteiger partial charge in [-0.2, -0.15) is 0 Å². The Morgan fingerprint density at radius 2 is 1.82 bits per heavy atom. The van der Waals surface area contributed by atoms with Gasteiger partial charge in [-0.05, 0) is 6.07 Å². The molecule has 2 nitrogen and oxygen atoms in total. The predicted molar refractivity (Wildman–Crippen MR) is 52.5 cm³/mol. The van der Waals surface area contributed by atoms with Crippen molar-refractivity contribution in [2.75, 3.05) is 20.3 Å². The summed E-state index contributed by atoms with van der Waals surface area (Å²) < 4.78 is 59.9. The summed E-state index contributed by atoms with van der Waals surface area (Å²) in [7, 11) is 1.41. The maximum atomic E-state index is 13.3. The molecule has 90 valence electrons. The zero-order valence-corrected chi connectivity index (χ0v) is 12.7. The van der Waals surface area contributed by atoms with Crippen LogP contribution in [0.15, 0.2) is 18.2 Å². The van der Waals surface area contributed by atoms with Crippen LogP contribution in [0.4, 0.5) is 17.3 Å². The van der Waals surface area contributed by atoms with Gasteiger partial charge in [0.1, 0.15) is 12.4 Å². The van der Waals surface area contributed by atoms with Crippen molar-refractivity contribution in [2.24, 2.45) is 0 Å². The van der Waals surface area contributed by atoms with Crippen molar-refractivity contribution in [2.45, 2.75) is 0 Å². The van der Waals surface area contributed by atoms with Gasteiger partial charge < -0.3 is 22.4 Å². The number of methoxy groups -OCH3 is 1. The van der Waals surface area contributed by atoms with E-state index in [0.29, 0.717) is 6.07 Å². The molecule has 0 bridgehead atoms. The fraction of sp³-hybridized carbons (Fsp3) is 0.333. The van der Waals surface area contributed by atoms with Crippen LogP contribution in [0, 0.1) is 5.82 Å². The van der Waals surface area contributed by atoms with E-state index in [1.807, 2.05) is 0 Å². The van der Waals surface area contributed by atoms with Gasteiger partial charge >= 0.3 is 58.4 Å². The van der Waals surface area contributed by atoms with E-state index in [0.717, 1.165) is 12.1 Å². The fourth-order valence-corrected chi connectivity index (χ4v) is 1.13. The molecule has 0 radical (unpaired) electrons. The van der Waals surface area contributed by atoms with E-state index < -0.39 is 24.0 Å². The first kappa shape index (κ1) is 17.4. The molecule has 0 atom stereocenters. The first-order valence-electron chi connectivity index (χ1n) is 4.57. The molecule has 0 aliphatic heterocycles. The molecule has 0 saturated heterocycles. The minimum atomic E-state index is -5.36. The Morgan fingerprint density at radius 3 is 2.35 bits per heavy atom. The Hall–Kier alpha value is 0.401. The molecule has 1 rings (SSSR count). The summed E-state index contributed by atoms with van der Waals surface area (Å²) in [4.78, 5) is 0. The SMILES string of the molecule is COCCOc1cccc([B-](F)(F)F)c1F.[K+]. The van der Waals surface area contributed by atoms with Gasteiger partial charge in [0.15, 0.2) is 5.75 Å². The summed E-state index contributed by atoms with van der Waals surface area (Å²) in [6.07, 6.45) is 0. The van der Waals surface area contributed by atoms with E-state index in [9.17, 15) is 17.3 Å². The van der Waals surface area contributed by atoms with E-state index in [2.05, 4.69) is 4.74 Å². The molecule has 0 aliphatic rings. The zero-order valence-electron chi connectivity index (χ0n) is 9.55. The van der Waals surface area contributed by atoms with Crippen molar-refractivity contribution in [3.8, 4) is 5.75 Å². The molecule has 0 aromatic heterocycles. The van der Waals surface area contributed by atoms with Crippen molar-refractivity contribution in [1.82, 2.24) is 0 Å². The van der Waals surface area contributed by atoms with Crippen LogP contribution in [-0.2, 0) is 4.74 Å². The third kappa shape index (κ3) is 5.27. The second-order valence-corrected chi connectivity index (χ2v) is 3.08. The molecule has 17 heavy (non-hydrogen) atoms. The number of ether oxygens (including phenoxy) is 2. The van der Waals surface area contributed by atoms with Crippen molar-refractivity contribution >= 4 is 12.4 Å². The zero-order chi connectivity index (χ0) is 12.2. The standard InChI is InChI=1S/C9H10BF4O2.K/c1-15-5-6-16-8-4-2-3-7(9(8)11)10(12,13)14;/h2-4H,5-6H2,1H3;/q-1;+1. The van der Waals surface area contributed by atoms with Gasteiger partial charge in [-0.15, -0.1) is 0 Å². The summed E-state index contributed by atoms with van der Waals surface area (Å²) in [6.45, 7) is -5.18. The molecule has 1 aromatic rings. The largest absolute Gasteiger partial charge is 1.00 e. The van der Waals surface area contributed by atoms with Crippen molar-refractivity contribution in [1.29, 1.82) is 0 Å². The third-order valence-corrected chi connectivity index (χ3v) is 1.89. The maximum Gasteiger partial charge on any atom is 1.00 e. The second kappa shape index (κ2) is 7.75.